The Morgan fingerprint density at radius 2 is 1.21 bits per heavy atom. The molecule has 3 aromatic rings. The molecule has 0 spiro atoms. The number of benzene rings is 3. The lowest BCUT2D eigenvalue weighted by Gasteiger charge is -2.13. The number of carbonyl (C=O) groups excluding carboxylic acids is 2. The van der Waals surface area contributed by atoms with Crippen LogP contribution in [0.15, 0.2) is 75.7 Å². The van der Waals surface area contributed by atoms with Crippen molar-refractivity contribution in [2.75, 3.05) is 13.2 Å². The van der Waals surface area contributed by atoms with Gasteiger partial charge < -0.3 is 4.74 Å². The highest BCUT2D eigenvalue weighted by molar-refractivity contribution is 9.11. The van der Waals surface area contributed by atoms with Crippen molar-refractivity contribution in [3.05, 3.63) is 86.8 Å². The lowest BCUT2D eigenvalue weighted by Crippen LogP contribution is -2.30. The summed E-state index contributed by atoms with van der Waals surface area (Å²) in [7, 11) is 0. The van der Waals surface area contributed by atoms with Crippen molar-refractivity contribution in [2.45, 2.75) is 38.5 Å². The first-order valence-electron chi connectivity index (χ1n) is 11.7. The summed E-state index contributed by atoms with van der Waals surface area (Å²) in [6, 6.07) is 21.3. The van der Waals surface area contributed by atoms with Gasteiger partial charge in [-0.25, -0.2) is 0 Å². The molecule has 0 saturated carbocycles. The zero-order valence-corrected chi connectivity index (χ0v) is 22.1. The Labute approximate surface area is 217 Å². The van der Waals surface area contributed by atoms with E-state index in [1.165, 1.54) is 4.90 Å². The van der Waals surface area contributed by atoms with E-state index in [4.69, 9.17) is 4.74 Å². The van der Waals surface area contributed by atoms with Gasteiger partial charge >= 0.3 is 0 Å². The number of imide groups is 1. The van der Waals surface area contributed by atoms with Crippen molar-refractivity contribution < 1.29 is 14.3 Å². The van der Waals surface area contributed by atoms with Gasteiger partial charge in [0.05, 0.1) is 17.7 Å². The zero-order chi connectivity index (χ0) is 23.9. The predicted octanol–water partition coefficient (Wildman–Crippen LogP) is 7.89. The molecule has 1 aliphatic heterocycles. The molecule has 2 amide bonds. The molecule has 1 heterocycles. The maximum absolute atomic E-state index is 12.4. The second kappa shape index (κ2) is 11.8. The Bertz CT molecular complexity index is 1110. The Morgan fingerprint density at radius 1 is 0.676 bits per heavy atom. The minimum Gasteiger partial charge on any atom is -0.494 e. The maximum atomic E-state index is 12.4. The van der Waals surface area contributed by atoms with Crippen molar-refractivity contribution in [2.24, 2.45) is 0 Å². The summed E-state index contributed by atoms with van der Waals surface area (Å²) < 4.78 is 7.97. The van der Waals surface area contributed by atoms with Crippen LogP contribution in [0.2, 0.25) is 0 Å². The van der Waals surface area contributed by atoms with Gasteiger partial charge in [-0.05, 0) is 74.5 Å². The first-order valence-corrected chi connectivity index (χ1v) is 13.3. The first kappa shape index (κ1) is 24.7. The molecular weight excluding hydrogens is 558 g/mol. The average Bonchev–Trinajstić information content (AvgIpc) is 3.08. The van der Waals surface area contributed by atoms with Crippen LogP contribution in [0.25, 0.3) is 11.1 Å². The van der Waals surface area contributed by atoms with E-state index >= 15 is 0 Å². The number of hydrogen-bond acceptors (Lipinski definition) is 3. The van der Waals surface area contributed by atoms with Gasteiger partial charge in [0.25, 0.3) is 11.8 Å². The standard InChI is InChI=1S/C28H27Br2NO3/c29-24-18-21(19-25(30)26(24)20-12-6-5-7-13-20)34-17-11-4-2-1-3-10-16-31-27(32)22-14-8-9-15-23(22)28(31)33/h5-9,12-15,18-19H,1-4,10-11,16-17H2. The van der Waals surface area contributed by atoms with E-state index in [2.05, 4.69) is 44.0 Å². The second-order valence-electron chi connectivity index (χ2n) is 8.41. The van der Waals surface area contributed by atoms with Crippen LogP contribution >= 0.6 is 31.9 Å². The molecule has 0 saturated heterocycles. The third-order valence-electron chi connectivity index (χ3n) is 6.00. The molecule has 6 heteroatoms. The third-order valence-corrected chi connectivity index (χ3v) is 7.25. The van der Waals surface area contributed by atoms with E-state index in [-0.39, 0.29) is 11.8 Å². The molecule has 4 nitrogen and oxygen atoms in total. The van der Waals surface area contributed by atoms with Gasteiger partial charge in [-0.15, -0.1) is 0 Å². The normalized spacial score (nSPS) is 12.8. The first-order chi connectivity index (χ1) is 16.6. The Morgan fingerprint density at radius 3 is 1.82 bits per heavy atom. The molecule has 1 aliphatic rings. The molecule has 0 unspecified atom stereocenters. The molecule has 0 fully saturated rings. The highest BCUT2D eigenvalue weighted by Crippen LogP contribution is 2.38. The molecule has 176 valence electrons. The summed E-state index contributed by atoms with van der Waals surface area (Å²) >= 11 is 7.35. The van der Waals surface area contributed by atoms with Crippen LogP contribution in [0.1, 0.15) is 59.2 Å². The fraction of sp³-hybridized carbons (Fsp3) is 0.286. The summed E-state index contributed by atoms with van der Waals surface area (Å²) in [5.74, 6) is 0.528. The lowest BCUT2D eigenvalue weighted by molar-refractivity contribution is 0.0651. The van der Waals surface area contributed by atoms with Crippen molar-refractivity contribution >= 4 is 43.7 Å². The van der Waals surface area contributed by atoms with Gasteiger partial charge in [0.2, 0.25) is 0 Å². The maximum Gasteiger partial charge on any atom is 0.261 e. The average molecular weight is 585 g/mol. The minimum atomic E-state index is -0.159. The highest BCUT2D eigenvalue weighted by atomic mass is 79.9. The number of fused-ring (bicyclic) bond motifs is 1. The highest BCUT2D eigenvalue weighted by Gasteiger charge is 2.34. The van der Waals surface area contributed by atoms with Crippen molar-refractivity contribution in [3.8, 4) is 16.9 Å². The number of nitrogens with zero attached hydrogens (tertiary/aromatic N) is 1. The summed E-state index contributed by atoms with van der Waals surface area (Å²) in [6.07, 6.45) is 6.15. The van der Waals surface area contributed by atoms with Gasteiger partial charge in [0.15, 0.2) is 0 Å². The molecular formula is C28H27Br2NO3. The minimum absolute atomic E-state index is 0.159. The van der Waals surface area contributed by atoms with Crippen LogP contribution in [0, 0.1) is 0 Å². The second-order valence-corrected chi connectivity index (χ2v) is 10.1. The summed E-state index contributed by atoms with van der Waals surface area (Å²) in [5.41, 5.74) is 3.33. The molecule has 0 atom stereocenters. The lowest BCUT2D eigenvalue weighted by atomic mass is 10.1. The Balaban J connectivity index is 1.12. The third kappa shape index (κ3) is 5.78. The molecule has 0 N–H and O–H groups in total. The van der Waals surface area contributed by atoms with Crippen molar-refractivity contribution in [1.82, 2.24) is 4.90 Å². The van der Waals surface area contributed by atoms with Crippen LogP contribution < -0.4 is 4.74 Å². The van der Waals surface area contributed by atoms with E-state index in [9.17, 15) is 9.59 Å². The van der Waals surface area contributed by atoms with Gasteiger partial charge in [-0.2, -0.15) is 0 Å². The number of rotatable bonds is 11. The molecule has 0 aliphatic carbocycles. The quantitative estimate of drug-likeness (QED) is 0.170. The van der Waals surface area contributed by atoms with Gasteiger partial charge in [-0.3, -0.25) is 14.5 Å². The number of halogens is 2. The number of unbranched alkanes of at least 4 members (excludes halogenated alkanes) is 5. The number of amides is 2. The molecule has 0 radical (unpaired) electrons. The van der Waals surface area contributed by atoms with E-state index < -0.39 is 0 Å². The van der Waals surface area contributed by atoms with E-state index in [1.807, 2.05) is 30.3 Å². The molecule has 4 rings (SSSR count). The van der Waals surface area contributed by atoms with Crippen molar-refractivity contribution in [3.63, 3.8) is 0 Å². The van der Waals surface area contributed by atoms with Crippen LogP contribution in [0.3, 0.4) is 0 Å². The summed E-state index contributed by atoms with van der Waals surface area (Å²) in [6.45, 7) is 1.18. The van der Waals surface area contributed by atoms with Crippen LogP contribution in [-0.4, -0.2) is 29.9 Å². The number of carbonyl (C=O) groups is 2. The Kier molecular flexibility index (Phi) is 8.57. The number of ether oxygens (including phenoxy) is 1. The SMILES string of the molecule is O=C1c2ccccc2C(=O)N1CCCCCCCCOc1cc(Br)c(-c2ccccc2)c(Br)c1. The zero-order valence-electron chi connectivity index (χ0n) is 18.9. The number of hydrogen-bond donors (Lipinski definition) is 0. The molecule has 3 aromatic carbocycles. The van der Waals surface area contributed by atoms with E-state index in [1.54, 1.807) is 24.3 Å². The van der Waals surface area contributed by atoms with Gasteiger partial charge in [-0.1, -0.05) is 68.1 Å². The van der Waals surface area contributed by atoms with Gasteiger partial charge in [0.1, 0.15) is 5.75 Å². The fourth-order valence-electron chi connectivity index (χ4n) is 4.23. The van der Waals surface area contributed by atoms with E-state index in [0.29, 0.717) is 24.3 Å². The van der Waals surface area contributed by atoms with Gasteiger partial charge in [0, 0.05) is 21.1 Å². The van der Waals surface area contributed by atoms with E-state index in [0.717, 1.165) is 64.3 Å². The monoisotopic (exact) mass is 583 g/mol. The molecule has 0 bridgehead atoms. The molecule has 0 aromatic heterocycles. The smallest absolute Gasteiger partial charge is 0.261 e. The van der Waals surface area contributed by atoms with Crippen LogP contribution in [0.4, 0.5) is 0 Å². The predicted molar refractivity (Wildman–Crippen MR) is 142 cm³/mol. The van der Waals surface area contributed by atoms with Crippen LogP contribution in [-0.2, 0) is 0 Å². The summed E-state index contributed by atoms with van der Waals surface area (Å²) in [5, 5.41) is 0. The largest absolute Gasteiger partial charge is 0.494 e. The summed E-state index contributed by atoms with van der Waals surface area (Å²) in [4.78, 5) is 26.1. The molecule has 34 heavy (non-hydrogen) atoms. The van der Waals surface area contributed by atoms with Crippen molar-refractivity contribution in [1.29, 1.82) is 0 Å². The Hall–Kier alpha value is -2.44. The fourth-order valence-corrected chi connectivity index (χ4v) is 5.83. The van der Waals surface area contributed by atoms with Crippen LogP contribution in [0.5, 0.6) is 5.75 Å². The topological polar surface area (TPSA) is 46.6 Å².